The Kier molecular flexibility index (Phi) is 9.94. The lowest BCUT2D eigenvalue weighted by Gasteiger charge is -2.16. The van der Waals surface area contributed by atoms with Gasteiger partial charge in [0.2, 0.25) is 0 Å². The highest BCUT2D eigenvalue weighted by Crippen LogP contribution is 2.49. The molecule has 0 bridgehead atoms. The summed E-state index contributed by atoms with van der Waals surface area (Å²) in [4.78, 5) is 0. The number of phosphoric ester groups is 1. The number of unbranched alkanes of at least 4 members (excludes halogenated alkanes) is 2. The van der Waals surface area contributed by atoms with Crippen molar-refractivity contribution in [1.29, 1.82) is 0 Å². The van der Waals surface area contributed by atoms with Crippen LogP contribution < -0.4 is 0 Å². The summed E-state index contributed by atoms with van der Waals surface area (Å²) in [7, 11) is -3.37. The topological polar surface area (TPSA) is 44.8 Å². The van der Waals surface area contributed by atoms with Crippen molar-refractivity contribution in [2.24, 2.45) is 0 Å². The van der Waals surface area contributed by atoms with E-state index in [0.717, 1.165) is 25.7 Å². The van der Waals surface area contributed by atoms with Crippen LogP contribution in [0, 0.1) is 0 Å². The molecule has 4 nitrogen and oxygen atoms in total. The minimum absolute atomic E-state index is 0.176. The summed E-state index contributed by atoms with van der Waals surface area (Å²) >= 11 is 0. The fourth-order valence-electron chi connectivity index (χ4n) is 0.897. The van der Waals surface area contributed by atoms with Crippen LogP contribution in [-0.4, -0.2) is 19.8 Å². The van der Waals surface area contributed by atoms with E-state index in [1.54, 1.807) is 0 Å². The van der Waals surface area contributed by atoms with Gasteiger partial charge in [-0.05, 0) is 12.8 Å². The molecule has 0 aromatic rings. The van der Waals surface area contributed by atoms with E-state index in [0.29, 0.717) is 13.2 Å². The second-order valence-electron chi connectivity index (χ2n) is 3.41. The van der Waals surface area contributed by atoms with Gasteiger partial charge in [0.25, 0.3) is 0 Å². The van der Waals surface area contributed by atoms with Gasteiger partial charge in [0.15, 0.2) is 0 Å². The summed E-state index contributed by atoms with van der Waals surface area (Å²) in [6.07, 6.45) is 5.18. The Balaban J connectivity index is 4.02. The van der Waals surface area contributed by atoms with Crippen LogP contribution in [0.15, 0.2) is 12.7 Å². The smallest absolute Gasteiger partial charge is 0.287 e. The van der Waals surface area contributed by atoms with Crippen LogP contribution in [0.25, 0.3) is 0 Å². The summed E-state index contributed by atoms with van der Waals surface area (Å²) < 4.78 is 27.4. The molecule has 0 aliphatic carbocycles. The van der Waals surface area contributed by atoms with Crippen LogP contribution in [0.4, 0.5) is 0 Å². The van der Waals surface area contributed by atoms with Crippen molar-refractivity contribution in [2.75, 3.05) is 19.8 Å². The minimum Gasteiger partial charge on any atom is -0.287 e. The molecule has 0 atom stereocenters. The van der Waals surface area contributed by atoms with Gasteiger partial charge in [0.1, 0.15) is 0 Å². The Labute approximate surface area is 98.6 Å². The quantitative estimate of drug-likeness (QED) is 0.316. The summed E-state index contributed by atoms with van der Waals surface area (Å²) in [5, 5.41) is 0. The first-order valence-corrected chi connectivity index (χ1v) is 7.29. The van der Waals surface area contributed by atoms with Crippen LogP contribution in [0.3, 0.4) is 0 Å². The van der Waals surface area contributed by atoms with E-state index in [4.69, 9.17) is 13.6 Å². The predicted molar refractivity (Wildman–Crippen MR) is 65.5 cm³/mol. The molecule has 0 radical (unpaired) electrons. The highest BCUT2D eigenvalue weighted by atomic mass is 31.2. The first-order chi connectivity index (χ1) is 7.68. The largest absolute Gasteiger partial charge is 0.475 e. The fourth-order valence-corrected chi connectivity index (χ4v) is 2.11. The van der Waals surface area contributed by atoms with E-state index in [1.807, 2.05) is 13.8 Å². The molecule has 0 unspecified atom stereocenters. The van der Waals surface area contributed by atoms with Crippen LogP contribution in [0.5, 0.6) is 0 Å². The molecular formula is C11H23O4P. The molecule has 0 aromatic carbocycles. The van der Waals surface area contributed by atoms with Crippen LogP contribution in [0.1, 0.15) is 39.5 Å². The lowest BCUT2D eigenvalue weighted by Crippen LogP contribution is -2.02. The van der Waals surface area contributed by atoms with Crippen molar-refractivity contribution >= 4 is 7.82 Å². The monoisotopic (exact) mass is 250 g/mol. The highest BCUT2D eigenvalue weighted by molar-refractivity contribution is 7.48. The molecule has 0 saturated heterocycles. The molecule has 5 heteroatoms. The van der Waals surface area contributed by atoms with Crippen molar-refractivity contribution in [1.82, 2.24) is 0 Å². The third-order valence-corrected chi connectivity index (χ3v) is 3.31. The lowest BCUT2D eigenvalue weighted by molar-refractivity contribution is 0.119. The van der Waals surface area contributed by atoms with Gasteiger partial charge in [-0.2, -0.15) is 0 Å². The Bertz CT molecular complexity index is 204. The molecule has 0 amide bonds. The van der Waals surface area contributed by atoms with Gasteiger partial charge in [-0.1, -0.05) is 32.8 Å². The number of hydrogen-bond donors (Lipinski definition) is 0. The zero-order valence-electron chi connectivity index (χ0n) is 10.3. The van der Waals surface area contributed by atoms with Crippen LogP contribution >= 0.6 is 7.82 Å². The predicted octanol–water partition coefficient (Wildman–Crippen LogP) is 3.93. The Hall–Kier alpha value is -0.150. The van der Waals surface area contributed by atoms with Gasteiger partial charge < -0.3 is 0 Å². The zero-order valence-corrected chi connectivity index (χ0v) is 11.2. The van der Waals surface area contributed by atoms with E-state index in [1.165, 1.54) is 6.08 Å². The molecule has 0 fully saturated rings. The molecule has 0 N–H and O–H groups in total. The van der Waals surface area contributed by atoms with Crippen molar-refractivity contribution in [3.63, 3.8) is 0 Å². The Morgan fingerprint density at radius 2 is 1.56 bits per heavy atom. The average molecular weight is 250 g/mol. The third kappa shape index (κ3) is 8.05. The Morgan fingerprint density at radius 3 is 1.94 bits per heavy atom. The van der Waals surface area contributed by atoms with Gasteiger partial charge >= 0.3 is 7.82 Å². The van der Waals surface area contributed by atoms with Crippen LogP contribution in [-0.2, 0) is 18.1 Å². The summed E-state index contributed by atoms with van der Waals surface area (Å²) in [6, 6.07) is 0. The Morgan fingerprint density at radius 1 is 1.06 bits per heavy atom. The van der Waals surface area contributed by atoms with Crippen molar-refractivity contribution in [2.45, 2.75) is 39.5 Å². The van der Waals surface area contributed by atoms with E-state index >= 15 is 0 Å². The van der Waals surface area contributed by atoms with Crippen molar-refractivity contribution in [3.05, 3.63) is 12.7 Å². The molecule has 0 aliphatic heterocycles. The van der Waals surface area contributed by atoms with Gasteiger partial charge in [-0.25, -0.2) is 4.57 Å². The second-order valence-corrected chi connectivity index (χ2v) is 5.07. The first kappa shape index (κ1) is 15.9. The van der Waals surface area contributed by atoms with Crippen LogP contribution in [0.2, 0.25) is 0 Å². The maximum atomic E-state index is 12.0. The van der Waals surface area contributed by atoms with Gasteiger partial charge in [-0.15, -0.1) is 6.58 Å². The molecule has 0 heterocycles. The molecule has 16 heavy (non-hydrogen) atoms. The molecule has 0 rings (SSSR count). The fraction of sp³-hybridized carbons (Fsp3) is 0.818. The molecule has 0 spiro atoms. The number of hydrogen-bond acceptors (Lipinski definition) is 4. The summed E-state index contributed by atoms with van der Waals surface area (Å²) in [5.74, 6) is 0. The summed E-state index contributed by atoms with van der Waals surface area (Å²) in [6.45, 7) is 8.55. The van der Waals surface area contributed by atoms with E-state index in [9.17, 15) is 4.57 Å². The van der Waals surface area contributed by atoms with Gasteiger partial charge in [0.05, 0.1) is 19.8 Å². The summed E-state index contributed by atoms with van der Waals surface area (Å²) in [5.41, 5.74) is 0. The van der Waals surface area contributed by atoms with Gasteiger partial charge in [0, 0.05) is 0 Å². The first-order valence-electron chi connectivity index (χ1n) is 5.83. The van der Waals surface area contributed by atoms with E-state index in [2.05, 4.69) is 6.58 Å². The standard InChI is InChI=1S/C11H23O4P/c1-4-7-10-14-16(12,13-9-6-3)15-11-8-5-2/h6H,3-5,7-11H2,1-2H3. The molecule has 0 saturated carbocycles. The van der Waals surface area contributed by atoms with Crippen molar-refractivity contribution < 1.29 is 18.1 Å². The van der Waals surface area contributed by atoms with Crippen molar-refractivity contribution in [3.8, 4) is 0 Å². The molecule has 0 aromatic heterocycles. The molecule has 0 aliphatic rings. The minimum atomic E-state index is -3.37. The van der Waals surface area contributed by atoms with E-state index < -0.39 is 7.82 Å². The SMILES string of the molecule is C=CCOP(=O)(OCCCC)OCCCC. The normalized spacial score (nSPS) is 11.6. The third-order valence-electron chi connectivity index (χ3n) is 1.85. The van der Waals surface area contributed by atoms with E-state index in [-0.39, 0.29) is 6.61 Å². The molecule has 96 valence electrons. The second kappa shape index (κ2) is 10.0. The number of phosphoric acid groups is 1. The maximum Gasteiger partial charge on any atom is 0.475 e. The maximum absolute atomic E-state index is 12.0. The highest BCUT2D eigenvalue weighted by Gasteiger charge is 2.25. The lowest BCUT2D eigenvalue weighted by atomic mass is 10.4. The average Bonchev–Trinajstić information content (AvgIpc) is 2.27. The molecular weight excluding hydrogens is 227 g/mol. The zero-order chi connectivity index (χ0) is 12.3. The van der Waals surface area contributed by atoms with Gasteiger partial charge in [-0.3, -0.25) is 13.6 Å². The number of rotatable bonds is 11.